The Hall–Kier alpha value is -2.01. The van der Waals surface area contributed by atoms with Crippen molar-refractivity contribution in [2.24, 2.45) is 0 Å². The van der Waals surface area contributed by atoms with E-state index in [9.17, 15) is 8.78 Å². The van der Waals surface area contributed by atoms with Crippen molar-refractivity contribution in [1.29, 1.82) is 0 Å². The summed E-state index contributed by atoms with van der Waals surface area (Å²) in [6.07, 6.45) is 2.05. The van der Waals surface area contributed by atoms with E-state index in [1.54, 1.807) is 12.3 Å². The zero-order chi connectivity index (χ0) is 14.5. The van der Waals surface area contributed by atoms with Crippen LogP contribution in [-0.2, 0) is 6.42 Å². The first-order valence-corrected chi connectivity index (χ1v) is 6.49. The zero-order valence-electron chi connectivity index (χ0n) is 11.2. The molecule has 1 heterocycles. The minimum absolute atomic E-state index is 0.301. The van der Waals surface area contributed by atoms with Crippen molar-refractivity contribution in [3.05, 3.63) is 59.3 Å². The van der Waals surface area contributed by atoms with Gasteiger partial charge in [-0.2, -0.15) is 0 Å². The molecule has 3 N–H and O–H groups in total. The minimum atomic E-state index is -0.455. The summed E-state index contributed by atoms with van der Waals surface area (Å²) in [5.41, 5.74) is 6.91. The molecule has 0 saturated heterocycles. The van der Waals surface area contributed by atoms with Gasteiger partial charge in [0.15, 0.2) is 0 Å². The van der Waals surface area contributed by atoms with Crippen LogP contribution < -0.4 is 11.1 Å². The highest BCUT2D eigenvalue weighted by atomic mass is 19.1. The molecule has 0 fully saturated rings. The van der Waals surface area contributed by atoms with Gasteiger partial charge in [-0.15, -0.1) is 0 Å². The molecular formula is C15H17F2N3. The van der Waals surface area contributed by atoms with Crippen LogP contribution in [0.15, 0.2) is 36.5 Å². The third kappa shape index (κ3) is 3.30. The van der Waals surface area contributed by atoms with Crippen LogP contribution in [0, 0.1) is 11.6 Å². The van der Waals surface area contributed by atoms with E-state index < -0.39 is 11.6 Å². The minimum Gasteiger partial charge on any atom is -0.383 e. The van der Waals surface area contributed by atoms with Crippen molar-refractivity contribution in [3.63, 3.8) is 0 Å². The van der Waals surface area contributed by atoms with Crippen molar-refractivity contribution in [1.82, 2.24) is 10.3 Å². The number of nitrogens with two attached hydrogens (primary N) is 1. The van der Waals surface area contributed by atoms with Crippen LogP contribution in [0.3, 0.4) is 0 Å². The quantitative estimate of drug-likeness (QED) is 0.883. The average molecular weight is 277 g/mol. The lowest BCUT2D eigenvalue weighted by atomic mass is 9.98. The van der Waals surface area contributed by atoms with Crippen molar-refractivity contribution in [2.45, 2.75) is 19.4 Å². The van der Waals surface area contributed by atoms with E-state index in [0.29, 0.717) is 24.3 Å². The maximum Gasteiger partial charge on any atom is 0.128 e. The van der Waals surface area contributed by atoms with E-state index in [4.69, 9.17) is 5.73 Å². The second-order valence-electron chi connectivity index (χ2n) is 4.53. The molecule has 1 atom stereocenters. The zero-order valence-corrected chi connectivity index (χ0v) is 11.2. The van der Waals surface area contributed by atoms with Gasteiger partial charge in [-0.05, 0) is 42.8 Å². The van der Waals surface area contributed by atoms with E-state index in [-0.39, 0.29) is 6.04 Å². The molecule has 20 heavy (non-hydrogen) atoms. The number of nitrogens with one attached hydrogen (secondary N) is 1. The third-order valence-corrected chi connectivity index (χ3v) is 3.13. The lowest BCUT2D eigenvalue weighted by Gasteiger charge is -2.19. The Kier molecular flexibility index (Phi) is 4.63. The van der Waals surface area contributed by atoms with Crippen molar-refractivity contribution in [3.8, 4) is 0 Å². The number of hydrogen-bond donors (Lipinski definition) is 2. The summed E-state index contributed by atoms with van der Waals surface area (Å²) in [6.45, 7) is 2.55. The fourth-order valence-corrected chi connectivity index (χ4v) is 2.16. The summed E-state index contributed by atoms with van der Waals surface area (Å²) in [6, 6.07) is 6.74. The van der Waals surface area contributed by atoms with E-state index >= 15 is 0 Å². The molecule has 0 aliphatic rings. The molecule has 0 amide bonds. The number of nitrogens with zero attached hydrogens (tertiary/aromatic N) is 1. The molecule has 0 aliphatic carbocycles. The molecule has 2 aromatic rings. The van der Waals surface area contributed by atoms with Gasteiger partial charge in [0.2, 0.25) is 0 Å². The Labute approximate surface area is 116 Å². The second kappa shape index (κ2) is 6.43. The molecule has 0 aliphatic heterocycles. The first-order chi connectivity index (χ1) is 9.61. The van der Waals surface area contributed by atoms with Crippen LogP contribution >= 0.6 is 0 Å². The fraction of sp³-hybridized carbons (Fsp3) is 0.267. The summed E-state index contributed by atoms with van der Waals surface area (Å²) in [5, 5.41) is 3.15. The first kappa shape index (κ1) is 14.4. The highest BCUT2D eigenvalue weighted by Gasteiger charge is 2.17. The van der Waals surface area contributed by atoms with Crippen molar-refractivity contribution < 1.29 is 8.78 Å². The number of nitrogen functional groups attached to an aromatic ring is 1. The largest absolute Gasteiger partial charge is 0.383 e. The Balaban J connectivity index is 2.32. The molecule has 5 heteroatoms. The summed E-state index contributed by atoms with van der Waals surface area (Å²) in [7, 11) is 0. The maximum atomic E-state index is 13.9. The van der Waals surface area contributed by atoms with E-state index in [1.165, 1.54) is 6.07 Å². The predicted molar refractivity (Wildman–Crippen MR) is 75.1 cm³/mol. The number of benzene rings is 1. The topological polar surface area (TPSA) is 50.9 Å². The normalized spacial score (nSPS) is 12.3. The van der Waals surface area contributed by atoms with Gasteiger partial charge in [-0.25, -0.2) is 13.8 Å². The molecule has 1 aromatic heterocycles. The van der Waals surface area contributed by atoms with E-state index in [2.05, 4.69) is 10.3 Å². The summed E-state index contributed by atoms with van der Waals surface area (Å²) >= 11 is 0. The van der Waals surface area contributed by atoms with Gasteiger partial charge in [0.05, 0.1) is 0 Å². The van der Waals surface area contributed by atoms with Crippen molar-refractivity contribution >= 4 is 5.82 Å². The van der Waals surface area contributed by atoms with Crippen LogP contribution in [-0.4, -0.2) is 11.5 Å². The predicted octanol–water partition coefficient (Wildman–Crippen LogP) is 2.84. The van der Waals surface area contributed by atoms with Gasteiger partial charge in [0.25, 0.3) is 0 Å². The van der Waals surface area contributed by atoms with E-state index in [0.717, 1.165) is 17.7 Å². The first-order valence-electron chi connectivity index (χ1n) is 6.49. The number of hydrogen-bond acceptors (Lipinski definition) is 3. The fourth-order valence-electron chi connectivity index (χ4n) is 2.16. The Morgan fingerprint density at radius 2 is 2.10 bits per heavy atom. The smallest absolute Gasteiger partial charge is 0.128 e. The van der Waals surface area contributed by atoms with Crippen LogP contribution in [0.25, 0.3) is 0 Å². The molecule has 106 valence electrons. The highest BCUT2D eigenvalue weighted by Crippen LogP contribution is 2.24. The molecule has 0 bridgehead atoms. The average Bonchev–Trinajstić information content (AvgIpc) is 2.43. The van der Waals surface area contributed by atoms with Gasteiger partial charge in [-0.3, -0.25) is 0 Å². The molecule has 1 aromatic carbocycles. The molecule has 0 radical (unpaired) electrons. The van der Waals surface area contributed by atoms with Crippen molar-refractivity contribution in [2.75, 3.05) is 12.3 Å². The molecule has 1 unspecified atom stereocenters. The van der Waals surface area contributed by atoms with Gasteiger partial charge in [-0.1, -0.05) is 13.0 Å². The van der Waals surface area contributed by atoms with Crippen LogP contribution in [0.5, 0.6) is 0 Å². The Morgan fingerprint density at radius 1 is 1.30 bits per heavy atom. The van der Waals surface area contributed by atoms with Gasteiger partial charge >= 0.3 is 0 Å². The SMILES string of the molecule is CCNC(Cc1cccnc1N)c1cc(F)ccc1F. The number of halogens is 2. The van der Waals surface area contributed by atoms with Crippen LogP contribution in [0.2, 0.25) is 0 Å². The summed E-state index contributed by atoms with van der Waals surface area (Å²) in [5.74, 6) is -0.476. The van der Waals surface area contributed by atoms with Crippen LogP contribution in [0.4, 0.5) is 14.6 Å². The molecule has 2 rings (SSSR count). The monoisotopic (exact) mass is 277 g/mol. The van der Waals surface area contributed by atoms with E-state index in [1.807, 2.05) is 13.0 Å². The molecular weight excluding hydrogens is 260 g/mol. The van der Waals surface area contributed by atoms with Gasteiger partial charge in [0.1, 0.15) is 17.5 Å². The maximum absolute atomic E-state index is 13.9. The molecule has 0 spiro atoms. The van der Waals surface area contributed by atoms with Gasteiger partial charge < -0.3 is 11.1 Å². The Morgan fingerprint density at radius 3 is 2.80 bits per heavy atom. The van der Waals surface area contributed by atoms with Crippen LogP contribution in [0.1, 0.15) is 24.1 Å². The molecule has 0 saturated carbocycles. The lowest BCUT2D eigenvalue weighted by molar-refractivity contribution is 0.502. The number of likely N-dealkylation sites (N-methyl/N-ethyl adjacent to an activating group) is 1. The number of anilines is 1. The summed E-state index contributed by atoms with van der Waals surface area (Å²) in [4.78, 5) is 4.01. The Bertz CT molecular complexity index is 587. The number of rotatable bonds is 5. The molecule has 3 nitrogen and oxygen atoms in total. The highest BCUT2D eigenvalue weighted by molar-refractivity contribution is 5.40. The third-order valence-electron chi connectivity index (χ3n) is 3.13. The number of pyridine rings is 1. The second-order valence-corrected chi connectivity index (χ2v) is 4.53. The van der Waals surface area contributed by atoms with Gasteiger partial charge in [0, 0.05) is 17.8 Å². The summed E-state index contributed by atoms with van der Waals surface area (Å²) < 4.78 is 27.2. The number of aromatic nitrogens is 1. The lowest BCUT2D eigenvalue weighted by Crippen LogP contribution is -2.24. The standard InChI is InChI=1S/C15H17F2N3/c1-2-19-14(8-10-4-3-7-20-15(10)18)12-9-11(16)5-6-13(12)17/h3-7,9,14,19H,2,8H2,1H3,(H2,18,20).